The van der Waals surface area contributed by atoms with Gasteiger partial charge >= 0.3 is 0 Å². The molecule has 3 aromatic rings. The Balaban J connectivity index is 0.00000208. The van der Waals surface area contributed by atoms with Crippen LogP contribution in [-0.2, 0) is 6.54 Å². The van der Waals surface area contributed by atoms with Crippen molar-refractivity contribution in [2.75, 3.05) is 17.7 Å². The standard InChI is InChI=1S/C17H15Cl2N3O.ClH/c18-9-10-20-17-21-14-3-1-2-4-15(14)22(17)11-16(23)12-5-7-13(19)8-6-12;/h1-8H,9-11H2,(H,20,21);1H. The first-order valence-corrected chi connectivity index (χ1v) is 8.14. The molecule has 4 nitrogen and oxygen atoms in total. The minimum atomic E-state index is -0.00116. The van der Waals surface area contributed by atoms with Crippen LogP contribution in [0.2, 0.25) is 5.02 Å². The molecular formula is C17H16Cl3N3O. The molecule has 0 aliphatic heterocycles. The molecule has 0 atom stereocenters. The maximum Gasteiger partial charge on any atom is 0.204 e. The molecular weight excluding hydrogens is 369 g/mol. The van der Waals surface area contributed by atoms with E-state index in [2.05, 4.69) is 10.3 Å². The summed E-state index contributed by atoms with van der Waals surface area (Å²) in [5.74, 6) is 1.11. The summed E-state index contributed by atoms with van der Waals surface area (Å²) >= 11 is 11.6. The van der Waals surface area contributed by atoms with Crippen molar-refractivity contribution in [2.45, 2.75) is 6.54 Å². The van der Waals surface area contributed by atoms with Gasteiger partial charge in [-0.3, -0.25) is 4.79 Å². The third-order valence-corrected chi connectivity index (χ3v) is 3.94. The number of para-hydroxylation sites is 2. The molecule has 3 rings (SSSR count). The van der Waals surface area contributed by atoms with E-state index in [1.54, 1.807) is 24.3 Å². The quantitative estimate of drug-likeness (QED) is 0.497. The maximum absolute atomic E-state index is 12.5. The second-order valence-electron chi connectivity index (χ2n) is 5.06. The summed E-state index contributed by atoms with van der Waals surface area (Å²) < 4.78 is 1.87. The van der Waals surface area contributed by atoms with E-state index in [1.165, 1.54) is 0 Å². The average molecular weight is 385 g/mol. The number of nitrogens with one attached hydrogen (secondary N) is 1. The molecule has 0 bridgehead atoms. The summed E-state index contributed by atoms with van der Waals surface area (Å²) in [4.78, 5) is 17.1. The van der Waals surface area contributed by atoms with E-state index in [0.717, 1.165) is 11.0 Å². The molecule has 7 heteroatoms. The summed E-state index contributed by atoms with van der Waals surface area (Å²) in [6.07, 6.45) is 0. The molecule has 0 saturated carbocycles. The number of rotatable bonds is 6. The molecule has 1 N–H and O–H groups in total. The van der Waals surface area contributed by atoms with Gasteiger partial charge in [-0.05, 0) is 36.4 Å². The molecule has 0 fully saturated rings. The predicted molar refractivity (Wildman–Crippen MR) is 102 cm³/mol. The lowest BCUT2D eigenvalue weighted by molar-refractivity contribution is 0.0974. The number of carbonyl (C=O) groups excluding carboxylic acids is 1. The van der Waals surface area contributed by atoms with Crippen molar-refractivity contribution in [3.05, 3.63) is 59.1 Å². The van der Waals surface area contributed by atoms with Gasteiger partial charge in [0.25, 0.3) is 0 Å². The largest absolute Gasteiger partial charge is 0.354 e. The second-order valence-corrected chi connectivity index (χ2v) is 5.87. The summed E-state index contributed by atoms with van der Waals surface area (Å²) in [6.45, 7) is 0.785. The normalized spacial score (nSPS) is 10.4. The Labute approximate surface area is 156 Å². The molecule has 0 radical (unpaired) electrons. The fourth-order valence-corrected chi connectivity index (χ4v) is 2.62. The van der Waals surface area contributed by atoms with Crippen LogP contribution in [0, 0.1) is 0 Å². The van der Waals surface area contributed by atoms with E-state index in [1.807, 2.05) is 28.8 Å². The van der Waals surface area contributed by atoms with Gasteiger partial charge in [0.1, 0.15) is 0 Å². The Hall–Kier alpha value is -1.75. The van der Waals surface area contributed by atoms with E-state index >= 15 is 0 Å². The van der Waals surface area contributed by atoms with Crippen LogP contribution in [0.25, 0.3) is 11.0 Å². The zero-order valence-corrected chi connectivity index (χ0v) is 15.0. The highest BCUT2D eigenvalue weighted by Crippen LogP contribution is 2.20. The van der Waals surface area contributed by atoms with E-state index in [9.17, 15) is 4.79 Å². The molecule has 126 valence electrons. The topological polar surface area (TPSA) is 46.9 Å². The first-order valence-electron chi connectivity index (χ1n) is 7.23. The summed E-state index contributed by atoms with van der Waals surface area (Å²) in [5.41, 5.74) is 2.37. The number of hydrogen-bond acceptors (Lipinski definition) is 3. The Bertz CT molecular complexity index is 831. The van der Waals surface area contributed by atoms with E-state index in [4.69, 9.17) is 23.2 Å². The Morgan fingerprint density at radius 1 is 1.12 bits per heavy atom. The van der Waals surface area contributed by atoms with Crippen LogP contribution < -0.4 is 5.32 Å². The van der Waals surface area contributed by atoms with Gasteiger partial charge in [-0.25, -0.2) is 4.98 Å². The van der Waals surface area contributed by atoms with E-state index in [-0.39, 0.29) is 24.7 Å². The van der Waals surface area contributed by atoms with E-state index in [0.29, 0.717) is 29.0 Å². The molecule has 0 unspecified atom stereocenters. The van der Waals surface area contributed by atoms with Gasteiger partial charge in [0.05, 0.1) is 17.6 Å². The average Bonchev–Trinajstić information content (AvgIpc) is 2.91. The van der Waals surface area contributed by atoms with Crippen molar-refractivity contribution in [3.8, 4) is 0 Å². The van der Waals surface area contributed by atoms with Gasteiger partial charge in [-0.15, -0.1) is 24.0 Å². The highest BCUT2D eigenvalue weighted by Gasteiger charge is 2.14. The van der Waals surface area contributed by atoms with Crippen LogP contribution in [0.5, 0.6) is 0 Å². The maximum atomic E-state index is 12.5. The number of benzene rings is 2. The molecule has 1 aromatic heterocycles. The first-order chi connectivity index (χ1) is 11.2. The van der Waals surface area contributed by atoms with Crippen LogP contribution in [0.4, 0.5) is 5.95 Å². The van der Waals surface area contributed by atoms with Gasteiger partial charge in [0, 0.05) is 23.0 Å². The fraction of sp³-hybridized carbons (Fsp3) is 0.176. The Morgan fingerprint density at radius 3 is 2.54 bits per heavy atom. The number of ketones is 1. The molecule has 0 aliphatic carbocycles. The molecule has 0 aliphatic rings. The van der Waals surface area contributed by atoms with E-state index < -0.39 is 0 Å². The van der Waals surface area contributed by atoms with Crippen molar-refractivity contribution in [1.82, 2.24) is 9.55 Å². The summed E-state index contributed by atoms with van der Waals surface area (Å²) in [6, 6.07) is 14.6. The van der Waals surface area contributed by atoms with Crippen molar-refractivity contribution in [2.24, 2.45) is 0 Å². The zero-order chi connectivity index (χ0) is 16.2. The number of aromatic nitrogens is 2. The van der Waals surface area contributed by atoms with Crippen LogP contribution in [0.15, 0.2) is 48.5 Å². The van der Waals surface area contributed by atoms with Crippen molar-refractivity contribution >= 4 is 58.4 Å². The first kappa shape index (κ1) is 18.6. The number of halogens is 3. The molecule has 0 spiro atoms. The number of alkyl halides is 1. The second kappa shape index (κ2) is 8.38. The van der Waals surface area contributed by atoms with Crippen LogP contribution in [0.1, 0.15) is 10.4 Å². The fourth-order valence-electron chi connectivity index (χ4n) is 2.40. The van der Waals surface area contributed by atoms with Crippen LogP contribution in [0.3, 0.4) is 0 Å². The van der Waals surface area contributed by atoms with Gasteiger partial charge in [-0.1, -0.05) is 23.7 Å². The van der Waals surface area contributed by atoms with Crippen molar-refractivity contribution in [3.63, 3.8) is 0 Å². The lowest BCUT2D eigenvalue weighted by Gasteiger charge is -2.09. The molecule has 0 amide bonds. The summed E-state index contributed by atoms with van der Waals surface area (Å²) in [7, 11) is 0. The number of nitrogens with zero attached hydrogens (tertiary/aromatic N) is 2. The van der Waals surface area contributed by atoms with Gasteiger partial charge in [-0.2, -0.15) is 0 Å². The lowest BCUT2D eigenvalue weighted by Crippen LogP contribution is -2.15. The van der Waals surface area contributed by atoms with Gasteiger partial charge < -0.3 is 9.88 Å². The van der Waals surface area contributed by atoms with Crippen molar-refractivity contribution in [1.29, 1.82) is 0 Å². The number of fused-ring (bicyclic) bond motifs is 1. The van der Waals surface area contributed by atoms with Crippen LogP contribution in [-0.4, -0.2) is 27.8 Å². The number of anilines is 1. The third-order valence-electron chi connectivity index (χ3n) is 3.50. The van der Waals surface area contributed by atoms with Gasteiger partial charge in [0.2, 0.25) is 5.95 Å². The highest BCUT2D eigenvalue weighted by atomic mass is 35.5. The minimum Gasteiger partial charge on any atom is -0.354 e. The molecule has 0 saturated heterocycles. The predicted octanol–water partition coefficient (Wildman–Crippen LogP) is 4.65. The monoisotopic (exact) mass is 383 g/mol. The van der Waals surface area contributed by atoms with Crippen LogP contribution >= 0.6 is 35.6 Å². The summed E-state index contributed by atoms with van der Waals surface area (Å²) in [5, 5.41) is 3.78. The number of hydrogen-bond donors (Lipinski definition) is 1. The number of imidazole rings is 1. The smallest absolute Gasteiger partial charge is 0.204 e. The Morgan fingerprint density at radius 2 is 1.83 bits per heavy atom. The Kier molecular flexibility index (Phi) is 6.49. The van der Waals surface area contributed by atoms with Crippen molar-refractivity contribution < 1.29 is 4.79 Å². The SMILES string of the molecule is Cl.O=C(Cn1c(NCCCl)nc2ccccc21)c1ccc(Cl)cc1. The molecule has 2 aromatic carbocycles. The zero-order valence-electron chi connectivity index (χ0n) is 12.7. The third kappa shape index (κ3) is 4.01. The molecule has 24 heavy (non-hydrogen) atoms. The minimum absolute atomic E-state index is 0. The number of Topliss-reactive ketones (excluding diaryl/α,β-unsaturated/α-hetero) is 1. The highest BCUT2D eigenvalue weighted by molar-refractivity contribution is 6.30. The lowest BCUT2D eigenvalue weighted by atomic mass is 10.1. The number of carbonyl (C=O) groups is 1. The molecule has 1 heterocycles. The van der Waals surface area contributed by atoms with Gasteiger partial charge in [0.15, 0.2) is 5.78 Å².